The lowest BCUT2D eigenvalue weighted by atomic mass is 9.95. The summed E-state index contributed by atoms with van der Waals surface area (Å²) in [6.45, 7) is 2.84. The third-order valence-electron chi connectivity index (χ3n) is 4.73. The average molecular weight is 306 g/mol. The smallest absolute Gasteiger partial charge is 0.356 e. The van der Waals surface area contributed by atoms with E-state index in [4.69, 9.17) is 0 Å². The van der Waals surface area contributed by atoms with Gasteiger partial charge in [0.25, 0.3) is 0 Å². The summed E-state index contributed by atoms with van der Waals surface area (Å²) in [5.74, 6) is -0.841. The van der Waals surface area contributed by atoms with E-state index in [9.17, 15) is 14.7 Å². The molecule has 7 heteroatoms. The van der Waals surface area contributed by atoms with Crippen molar-refractivity contribution in [2.24, 2.45) is 13.0 Å². The van der Waals surface area contributed by atoms with Crippen LogP contribution in [0.3, 0.4) is 0 Å². The molecule has 1 fully saturated rings. The maximum Gasteiger partial charge on any atom is 0.356 e. The second-order valence-corrected chi connectivity index (χ2v) is 6.31. The van der Waals surface area contributed by atoms with Gasteiger partial charge in [-0.05, 0) is 26.4 Å². The Morgan fingerprint density at radius 1 is 1.27 bits per heavy atom. The maximum atomic E-state index is 12.7. The number of carboxylic acids is 1. The molecule has 1 saturated heterocycles. The average Bonchev–Trinajstić information content (AvgIpc) is 2.83. The number of likely N-dealkylation sites (tertiary alicyclic amines) is 1. The van der Waals surface area contributed by atoms with Gasteiger partial charge in [0.05, 0.1) is 5.92 Å². The van der Waals surface area contributed by atoms with E-state index in [1.807, 2.05) is 7.05 Å². The molecule has 120 valence electrons. The highest BCUT2D eigenvalue weighted by Crippen LogP contribution is 2.25. The van der Waals surface area contributed by atoms with Crippen LogP contribution in [0.4, 0.5) is 0 Å². The van der Waals surface area contributed by atoms with E-state index in [0.29, 0.717) is 25.1 Å². The molecule has 0 saturated carbocycles. The van der Waals surface area contributed by atoms with E-state index in [-0.39, 0.29) is 17.5 Å². The van der Waals surface area contributed by atoms with Gasteiger partial charge in [-0.25, -0.2) is 4.79 Å². The van der Waals surface area contributed by atoms with Gasteiger partial charge in [-0.3, -0.25) is 9.48 Å². The highest BCUT2D eigenvalue weighted by molar-refractivity contribution is 5.88. The number of rotatable bonds is 2. The zero-order valence-corrected chi connectivity index (χ0v) is 13.1. The van der Waals surface area contributed by atoms with Crippen LogP contribution < -0.4 is 0 Å². The van der Waals surface area contributed by atoms with Crippen LogP contribution in [0.2, 0.25) is 0 Å². The Morgan fingerprint density at radius 3 is 2.73 bits per heavy atom. The van der Waals surface area contributed by atoms with Gasteiger partial charge in [0, 0.05) is 44.4 Å². The maximum absolute atomic E-state index is 12.7. The van der Waals surface area contributed by atoms with E-state index >= 15 is 0 Å². The summed E-state index contributed by atoms with van der Waals surface area (Å²) < 4.78 is 1.63. The fourth-order valence-electron chi connectivity index (χ4n) is 3.58. The molecule has 1 aromatic rings. The Hall–Kier alpha value is -1.89. The first-order valence-corrected chi connectivity index (χ1v) is 7.72. The number of fused-ring (bicyclic) bond motifs is 1. The Morgan fingerprint density at radius 2 is 2.05 bits per heavy atom. The van der Waals surface area contributed by atoms with Crippen LogP contribution >= 0.6 is 0 Å². The van der Waals surface area contributed by atoms with Crippen molar-refractivity contribution in [3.8, 4) is 0 Å². The molecule has 22 heavy (non-hydrogen) atoms. The van der Waals surface area contributed by atoms with Crippen molar-refractivity contribution in [3.63, 3.8) is 0 Å². The first-order valence-electron chi connectivity index (χ1n) is 7.72. The lowest BCUT2D eigenvalue weighted by Gasteiger charge is -2.34. The Balaban J connectivity index is 1.79. The fourth-order valence-corrected chi connectivity index (χ4v) is 3.58. The molecule has 1 N–H and O–H groups in total. The normalized spacial score (nSPS) is 22.5. The monoisotopic (exact) mass is 306 g/mol. The van der Waals surface area contributed by atoms with Crippen molar-refractivity contribution in [3.05, 3.63) is 17.0 Å². The summed E-state index contributed by atoms with van der Waals surface area (Å²) in [4.78, 5) is 28.0. The summed E-state index contributed by atoms with van der Waals surface area (Å²) in [5.41, 5.74) is 1.71. The quantitative estimate of drug-likeness (QED) is 0.853. The third kappa shape index (κ3) is 2.61. The third-order valence-corrected chi connectivity index (χ3v) is 4.73. The number of carboxylic acid groups (broad SMARTS) is 1. The minimum absolute atomic E-state index is 0.0326. The molecule has 1 unspecified atom stereocenters. The highest BCUT2D eigenvalue weighted by Gasteiger charge is 2.33. The summed E-state index contributed by atoms with van der Waals surface area (Å²) >= 11 is 0. The number of aromatic carboxylic acids is 1. The van der Waals surface area contributed by atoms with Gasteiger partial charge < -0.3 is 14.9 Å². The number of hydrogen-bond acceptors (Lipinski definition) is 4. The van der Waals surface area contributed by atoms with Crippen molar-refractivity contribution in [1.29, 1.82) is 0 Å². The van der Waals surface area contributed by atoms with E-state index in [2.05, 4.69) is 10.00 Å². The van der Waals surface area contributed by atoms with Gasteiger partial charge in [0.1, 0.15) is 0 Å². The van der Waals surface area contributed by atoms with Gasteiger partial charge in [-0.2, -0.15) is 5.10 Å². The highest BCUT2D eigenvalue weighted by atomic mass is 16.4. The molecular weight excluding hydrogens is 284 g/mol. The number of carbonyl (C=O) groups is 2. The summed E-state index contributed by atoms with van der Waals surface area (Å²) in [6, 6.07) is 0. The number of nitrogens with zero attached hydrogens (tertiary/aromatic N) is 4. The molecule has 0 spiro atoms. The fraction of sp³-hybridized carbons (Fsp3) is 0.667. The molecule has 2 aliphatic heterocycles. The Labute approximate surface area is 129 Å². The van der Waals surface area contributed by atoms with Gasteiger partial charge in [-0.1, -0.05) is 0 Å². The minimum atomic E-state index is -1.02. The van der Waals surface area contributed by atoms with E-state index < -0.39 is 5.97 Å². The van der Waals surface area contributed by atoms with Crippen LogP contribution in [0.15, 0.2) is 0 Å². The van der Waals surface area contributed by atoms with E-state index in [1.165, 1.54) is 0 Å². The standard InChI is InChI=1S/C15H22N4O3/c1-17-6-3-4-10(8-17)14(20)19-7-5-12-11(9-19)13(15(21)22)16-18(12)2/h10H,3-9H2,1-2H3,(H,21,22). The van der Waals surface area contributed by atoms with Gasteiger partial charge in [0.15, 0.2) is 5.69 Å². The molecule has 0 aliphatic carbocycles. The predicted octanol–water partition coefficient (Wildman–Crippen LogP) is 0.345. The van der Waals surface area contributed by atoms with Crippen LogP contribution in [0.1, 0.15) is 34.6 Å². The zero-order chi connectivity index (χ0) is 15.9. The first kappa shape index (κ1) is 15.0. The molecule has 7 nitrogen and oxygen atoms in total. The first-order chi connectivity index (χ1) is 10.5. The van der Waals surface area contributed by atoms with Crippen LogP contribution in [-0.4, -0.2) is 63.2 Å². The number of aromatic nitrogens is 2. The van der Waals surface area contributed by atoms with Gasteiger partial charge >= 0.3 is 5.97 Å². The summed E-state index contributed by atoms with van der Waals surface area (Å²) in [5, 5.41) is 13.4. The summed E-state index contributed by atoms with van der Waals surface area (Å²) in [6.07, 6.45) is 2.63. The Bertz CT molecular complexity index is 610. The number of aryl methyl sites for hydroxylation is 1. The molecular formula is C15H22N4O3. The second-order valence-electron chi connectivity index (χ2n) is 6.31. The summed E-state index contributed by atoms with van der Waals surface area (Å²) in [7, 11) is 3.80. The number of carbonyl (C=O) groups excluding carboxylic acids is 1. The van der Waals surface area contributed by atoms with Crippen LogP contribution in [0.5, 0.6) is 0 Å². The van der Waals surface area contributed by atoms with E-state index in [0.717, 1.165) is 31.6 Å². The van der Waals surface area contributed by atoms with Gasteiger partial charge in [-0.15, -0.1) is 0 Å². The van der Waals surface area contributed by atoms with Crippen molar-refractivity contribution in [1.82, 2.24) is 19.6 Å². The number of hydrogen-bond donors (Lipinski definition) is 1. The predicted molar refractivity (Wildman–Crippen MR) is 79.5 cm³/mol. The lowest BCUT2D eigenvalue weighted by molar-refractivity contribution is -0.138. The molecule has 1 amide bonds. The SMILES string of the molecule is CN1CCCC(C(=O)N2CCc3c(c(C(=O)O)nn3C)C2)C1. The minimum Gasteiger partial charge on any atom is -0.476 e. The molecule has 3 rings (SSSR count). The lowest BCUT2D eigenvalue weighted by Crippen LogP contribution is -2.45. The van der Waals surface area contributed by atoms with Crippen molar-refractivity contribution in [2.75, 3.05) is 26.7 Å². The largest absolute Gasteiger partial charge is 0.476 e. The molecule has 3 heterocycles. The van der Waals surface area contributed by atoms with Crippen molar-refractivity contribution >= 4 is 11.9 Å². The molecule has 0 radical (unpaired) electrons. The zero-order valence-electron chi connectivity index (χ0n) is 13.1. The van der Waals surface area contributed by atoms with Crippen LogP contribution in [0, 0.1) is 5.92 Å². The topological polar surface area (TPSA) is 78.7 Å². The molecule has 1 aromatic heterocycles. The van der Waals surface area contributed by atoms with Crippen molar-refractivity contribution in [2.45, 2.75) is 25.8 Å². The molecule has 2 aliphatic rings. The number of amides is 1. The molecule has 0 aromatic carbocycles. The molecule has 1 atom stereocenters. The molecule has 0 bridgehead atoms. The Kier molecular flexibility index (Phi) is 3.90. The van der Waals surface area contributed by atoms with Gasteiger partial charge in [0.2, 0.25) is 5.91 Å². The van der Waals surface area contributed by atoms with E-state index in [1.54, 1.807) is 16.6 Å². The number of piperidine rings is 1. The second kappa shape index (κ2) is 5.72. The van der Waals surface area contributed by atoms with Crippen molar-refractivity contribution < 1.29 is 14.7 Å². The van der Waals surface area contributed by atoms with Crippen LogP contribution in [0.25, 0.3) is 0 Å². The van der Waals surface area contributed by atoms with Crippen LogP contribution in [-0.2, 0) is 24.8 Å².